The van der Waals surface area contributed by atoms with Crippen LogP contribution in [0.2, 0.25) is 0 Å². The average Bonchev–Trinajstić information content (AvgIpc) is 2.97. The van der Waals surface area contributed by atoms with E-state index in [0.717, 1.165) is 5.56 Å². The van der Waals surface area contributed by atoms with Gasteiger partial charge in [-0.05, 0) is 37.6 Å². The molecular formula is C17H16O5S. The molecule has 3 rings (SSSR count). The van der Waals surface area contributed by atoms with Crippen molar-refractivity contribution in [3.63, 3.8) is 0 Å². The Labute approximate surface area is 136 Å². The molecule has 120 valence electrons. The summed E-state index contributed by atoms with van der Waals surface area (Å²) in [6.45, 7) is 3.81. The SMILES string of the molecule is CCOC(=O)C1Oc2cc(C)c(S(=O)c3ccccc3)cc2O1. The molecule has 0 bridgehead atoms. The molecule has 0 spiro atoms. The van der Waals surface area contributed by atoms with Crippen LogP contribution >= 0.6 is 0 Å². The minimum absolute atomic E-state index is 0.251. The van der Waals surface area contributed by atoms with Gasteiger partial charge in [-0.3, -0.25) is 0 Å². The molecule has 0 aliphatic carbocycles. The van der Waals surface area contributed by atoms with E-state index in [4.69, 9.17) is 14.2 Å². The average molecular weight is 332 g/mol. The van der Waals surface area contributed by atoms with Crippen LogP contribution < -0.4 is 9.47 Å². The van der Waals surface area contributed by atoms with Crippen LogP contribution in [0.1, 0.15) is 12.5 Å². The smallest absolute Gasteiger partial charge is 0.389 e. The Kier molecular flexibility index (Phi) is 4.34. The first-order valence-electron chi connectivity index (χ1n) is 7.21. The number of carbonyl (C=O) groups is 1. The molecule has 0 aromatic heterocycles. The van der Waals surface area contributed by atoms with E-state index >= 15 is 0 Å². The summed E-state index contributed by atoms with van der Waals surface area (Å²) < 4.78 is 28.5. The van der Waals surface area contributed by atoms with E-state index in [2.05, 4.69) is 0 Å². The fourth-order valence-electron chi connectivity index (χ4n) is 2.26. The first kappa shape index (κ1) is 15.6. The molecule has 6 heteroatoms. The van der Waals surface area contributed by atoms with E-state index in [1.54, 1.807) is 19.1 Å². The predicted octanol–water partition coefficient (Wildman–Crippen LogP) is 2.82. The minimum Gasteiger partial charge on any atom is -0.460 e. The van der Waals surface area contributed by atoms with Crippen molar-refractivity contribution >= 4 is 16.8 Å². The van der Waals surface area contributed by atoms with Gasteiger partial charge in [0.05, 0.1) is 22.3 Å². The second-order valence-electron chi connectivity index (χ2n) is 4.97. The van der Waals surface area contributed by atoms with Crippen molar-refractivity contribution < 1.29 is 23.2 Å². The van der Waals surface area contributed by atoms with Gasteiger partial charge in [0.1, 0.15) is 0 Å². The molecule has 0 saturated carbocycles. The number of ether oxygens (including phenoxy) is 3. The van der Waals surface area contributed by atoms with Crippen molar-refractivity contribution in [1.82, 2.24) is 0 Å². The highest BCUT2D eigenvalue weighted by Gasteiger charge is 2.33. The van der Waals surface area contributed by atoms with Crippen LogP contribution in [0, 0.1) is 6.92 Å². The molecule has 1 heterocycles. The summed E-state index contributed by atoms with van der Waals surface area (Å²) in [6, 6.07) is 12.6. The number of rotatable bonds is 4. The molecule has 5 nitrogen and oxygen atoms in total. The number of esters is 1. The summed E-state index contributed by atoms with van der Waals surface area (Å²) in [6.07, 6.45) is -1.11. The van der Waals surface area contributed by atoms with Gasteiger partial charge in [-0.1, -0.05) is 18.2 Å². The largest absolute Gasteiger partial charge is 0.460 e. The summed E-state index contributed by atoms with van der Waals surface area (Å²) in [7, 11) is -1.33. The Morgan fingerprint density at radius 1 is 1.17 bits per heavy atom. The Morgan fingerprint density at radius 2 is 1.83 bits per heavy atom. The molecule has 2 aromatic rings. The third-order valence-corrected chi connectivity index (χ3v) is 4.88. The summed E-state index contributed by atoms with van der Waals surface area (Å²) in [5, 5.41) is 0. The first-order chi connectivity index (χ1) is 11.1. The van der Waals surface area contributed by atoms with E-state index in [1.807, 2.05) is 37.3 Å². The first-order valence-corrected chi connectivity index (χ1v) is 8.36. The maximum Gasteiger partial charge on any atom is 0.389 e. The molecule has 2 atom stereocenters. The lowest BCUT2D eigenvalue weighted by Gasteiger charge is -2.08. The van der Waals surface area contributed by atoms with Crippen molar-refractivity contribution in [2.75, 3.05) is 6.61 Å². The van der Waals surface area contributed by atoms with Crippen LogP contribution in [0.4, 0.5) is 0 Å². The summed E-state index contributed by atoms with van der Waals surface area (Å²) in [5.41, 5.74) is 0.805. The topological polar surface area (TPSA) is 61.8 Å². The lowest BCUT2D eigenvalue weighted by atomic mass is 10.2. The van der Waals surface area contributed by atoms with Gasteiger partial charge >= 0.3 is 12.3 Å². The Hall–Kier alpha value is -2.34. The summed E-state index contributed by atoms with van der Waals surface area (Å²) in [5.74, 6) is 0.273. The van der Waals surface area contributed by atoms with Gasteiger partial charge in [-0.15, -0.1) is 0 Å². The standard InChI is InChI=1S/C17H16O5S/c1-3-20-16(18)17-21-13-9-11(2)15(10-14(13)22-17)23(19)12-7-5-4-6-8-12/h4-10,17H,3H2,1-2H3. The second kappa shape index (κ2) is 6.42. The van der Waals surface area contributed by atoms with Gasteiger partial charge in [0, 0.05) is 11.0 Å². The van der Waals surface area contributed by atoms with Crippen molar-refractivity contribution in [1.29, 1.82) is 0 Å². The molecule has 1 aliphatic heterocycles. The Balaban J connectivity index is 1.89. The highest BCUT2D eigenvalue weighted by atomic mass is 32.2. The van der Waals surface area contributed by atoms with E-state index in [1.165, 1.54) is 0 Å². The fourth-order valence-corrected chi connectivity index (χ4v) is 3.48. The van der Waals surface area contributed by atoms with Crippen LogP contribution in [0.15, 0.2) is 52.3 Å². The number of carbonyl (C=O) groups excluding carboxylic acids is 1. The molecule has 0 amide bonds. The summed E-state index contributed by atoms with van der Waals surface area (Å²) in [4.78, 5) is 13.0. The quantitative estimate of drug-likeness (QED) is 0.806. The van der Waals surface area contributed by atoms with Crippen LogP contribution in [0.5, 0.6) is 11.5 Å². The molecule has 2 unspecified atom stereocenters. The molecule has 1 aliphatic rings. The third-order valence-electron chi connectivity index (χ3n) is 3.35. The molecule has 0 fully saturated rings. The number of fused-ring (bicyclic) bond motifs is 1. The van der Waals surface area contributed by atoms with Crippen LogP contribution in [0.3, 0.4) is 0 Å². The molecular weight excluding hydrogens is 316 g/mol. The fraction of sp³-hybridized carbons (Fsp3) is 0.235. The van der Waals surface area contributed by atoms with E-state index < -0.39 is 23.1 Å². The Bertz CT molecular complexity index is 757. The summed E-state index contributed by atoms with van der Waals surface area (Å²) >= 11 is 0. The van der Waals surface area contributed by atoms with E-state index in [-0.39, 0.29) is 6.61 Å². The van der Waals surface area contributed by atoms with Crippen molar-refractivity contribution in [2.45, 2.75) is 29.9 Å². The number of benzene rings is 2. The third kappa shape index (κ3) is 3.07. The molecule has 0 radical (unpaired) electrons. The maximum absolute atomic E-state index is 12.7. The van der Waals surface area contributed by atoms with E-state index in [9.17, 15) is 9.00 Å². The van der Waals surface area contributed by atoms with Gasteiger partial charge in [0.2, 0.25) is 0 Å². The van der Waals surface area contributed by atoms with Crippen LogP contribution in [-0.4, -0.2) is 23.1 Å². The molecule has 2 aromatic carbocycles. The van der Waals surface area contributed by atoms with Crippen LogP contribution in [0.25, 0.3) is 0 Å². The molecule has 23 heavy (non-hydrogen) atoms. The predicted molar refractivity (Wildman–Crippen MR) is 84.0 cm³/mol. The highest BCUT2D eigenvalue weighted by Crippen LogP contribution is 2.39. The normalized spacial score (nSPS) is 16.9. The zero-order valence-corrected chi connectivity index (χ0v) is 13.6. The number of hydrogen-bond donors (Lipinski definition) is 0. The molecule has 0 saturated heterocycles. The van der Waals surface area contributed by atoms with Gasteiger partial charge in [0.25, 0.3) is 0 Å². The van der Waals surface area contributed by atoms with Gasteiger partial charge in [0.15, 0.2) is 11.5 Å². The zero-order chi connectivity index (χ0) is 16.4. The van der Waals surface area contributed by atoms with Crippen LogP contribution in [-0.2, 0) is 20.3 Å². The number of hydrogen-bond acceptors (Lipinski definition) is 5. The maximum atomic E-state index is 12.7. The Morgan fingerprint density at radius 3 is 2.48 bits per heavy atom. The highest BCUT2D eigenvalue weighted by molar-refractivity contribution is 7.85. The van der Waals surface area contributed by atoms with Gasteiger partial charge < -0.3 is 14.2 Å². The van der Waals surface area contributed by atoms with Crippen molar-refractivity contribution in [3.05, 3.63) is 48.0 Å². The lowest BCUT2D eigenvalue weighted by Crippen LogP contribution is -2.30. The van der Waals surface area contributed by atoms with Gasteiger partial charge in [-0.25, -0.2) is 9.00 Å². The van der Waals surface area contributed by atoms with Gasteiger partial charge in [-0.2, -0.15) is 0 Å². The zero-order valence-electron chi connectivity index (χ0n) is 12.8. The minimum atomic E-state index is -1.33. The van der Waals surface area contributed by atoms with E-state index in [0.29, 0.717) is 21.3 Å². The second-order valence-corrected chi connectivity index (χ2v) is 6.41. The monoisotopic (exact) mass is 332 g/mol. The number of aryl methyl sites for hydroxylation is 1. The van der Waals surface area contributed by atoms with Crippen molar-refractivity contribution in [2.24, 2.45) is 0 Å². The van der Waals surface area contributed by atoms with Crippen molar-refractivity contribution in [3.8, 4) is 11.5 Å². The lowest BCUT2D eigenvalue weighted by molar-refractivity contribution is -0.161. The molecule has 0 N–H and O–H groups in total.